The smallest absolute Gasteiger partial charge is 0.471 e. The van der Waals surface area contributed by atoms with Gasteiger partial charge in [0, 0.05) is 24.9 Å². The Morgan fingerprint density at radius 2 is 1.94 bits per heavy atom. The summed E-state index contributed by atoms with van der Waals surface area (Å²) in [5.74, 6) is -8.47. The number of halogens is 3. The van der Waals surface area contributed by atoms with Crippen LogP contribution in [0.5, 0.6) is 0 Å². The molecular formula is C22H30F3N5O5. The van der Waals surface area contributed by atoms with Gasteiger partial charge in [-0.25, -0.2) is 4.79 Å². The second-order valence-electron chi connectivity index (χ2n) is 10.5. The monoisotopic (exact) mass is 501 g/mol. The lowest BCUT2D eigenvalue weighted by atomic mass is 9.85. The fraction of sp³-hybridized carbons (Fsp3) is 0.773. The number of rotatable bonds is 8. The lowest BCUT2D eigenvalue weighted by molar-refractivity contribution is -0.216. The largest absolute Gasteiger partial charge is 0.478 e. The molecule has 1 saturated carbocycles. The maximum absolute atomic E-state index is 13.9. The lowest BCUT2D eigenvalue weighted by Crippen LogP contribution is -2.75. The molecule has 3 aliphatic rings. The van der Waals surface area contributed by atoms with Gasteiger partial charge in [-0.3, -0.25) is 24.2 Å². The number of aliphatic carboxylic acids is 1. The Morgan fingerprint density at radius 3 is 2.34 bits per heavy atom. The SMILES string of the molecule is CC(C)C(C(=O)O)(N1CC2C(C1C(N)=O)C2(C)C)N(C(=O)C(F)(F)F)[C@H](C#N)C[C@@H]1CCNC1=O. The third-order valence-electron chi connectivity index (χ3n) is 8.02. The van der Waals surface area contributed by atoms with E-state index in [-0.39, 0.29) is 30.3 Å². The van der Waals surface area contributed by atoms with E-state index < -0.39 is 77.2 Å². The van der Waals surface area contributed by atoms with Crippen molar-refractivity contribution >= 4 is 23.7 Å². The highest BCUT2D eigenvalue weighted by Crippen LogP contribution is 2.66. The van der Waals surface area contributed by atoms with E-state index in [9.17, 15) is 42.7 Å². The summed E-state index contributed by atoms with van der Waals surface area (Å²) in [5.41, 5.74) is 2.51. The van der Waals surface area contributed by atoms with Gasteiger partial charge in [0.15, 0.2) is 5.66 Å². The quantitative estimate of drug-likeness (QED) is 0.441. The summed E-state index contributed by atoms with van der Waals surface area (Å²) in [7, 11) is 0. The fourth-order valence-electron chi connectivity index (χ4n) is 6.21. The molecule has 1 aliphatic carbocycles. The van der Waals surface area contributed by atoms with Crippen LogP contribution >= 0.6 is 0 Å². The third kappa shape index (κ3) is 4.01. The van der Waals surface area contributed by atoms with Gasteiger partial charge in [-0.05, 0) is 30.1 Å². The van der Waals surface area contributed by atoms with Crippen LogP contribution in [0.1, 0.15) is 40.5 Å². The number of carbonyl (C=O) groups is 4. The number of likely N-dealkylation sites (tertiary alicyclic amines) is 1. The van der Waals surface area contributed by atoms with Crippen molar-refractivity contribution in [3.8, 4) is 6.07 Å². The van der Waals surface area contributed by atoms with Crippen molar-refractivity contribution < 1.29 is 37.5 Å². The minimum Gasteiger partial charge on any atom is -0.478 e. The molecule has 4 unspecified atom stereocenters. The Morgan fingerprint density at radius 1 is 1.34 bits per heavy atom. The zero-order valence-corrected chi connectivity index (χ0v) is 19.9. The topological polar surface area (TPSA) is 157 Å². The Labute approximate surface area is 200 Å². The number of carbonyl (C=O) groups excluding carboxylic acids is 3. The van der Waals surface area contributed by atoms with Crippen molar-refractivity contribution in [2.24, 2.45) is 34.8 Å². The van der Waals surface area contributed by atoms with Gasteiger partial charge in [-0.15, -0.1) is 0 Å². The normalized spacial score (nSPS) is 30.1. The molecule has 2 heterocycles. The molecule has 10 nitrogen and oxygen atoms in total. The molecule has 3 amide bonds. The van der Waals surface area contributed by atoms with Crippen LogP contribution in [0.25, 0.3) is 0 Å². The molecule has 2 saturated heterocycles. The first-order valence-corrected chi connectivity index (χ1v) is 11.4. The van der Waals surface area contributed by atoms with E-state index in [0.29, 0.717) is 0 Å². The summed E-state index contributed by atoms with van der Waals surface area (Å²) in [6, 6.07) is -1.52. The molecule has 0 aromatic heterocycles. The van der Waals surface area contributed by atoms with E-state index in [1.807, 2.05) is 13.8 Å². The second kappa shape index (κ2) is 8.65. The van der Waals surface area contributed by atoms with Crippen LogP contribution in [-0.2, 0) is 19.2 Å². The van der Waals surface area contributed by atoms with Crippen LogP contribution in [0, 0.1) is 40.4 Å². The minimum atomic E-state index is -5.52. The molecule has 13 heteroatoms. The molecule has 0 aromatic carbocycles. The van der Waals surface area contributed by atoms with E-state index in [1.54, 1.807) is 6.07 Å². The van der Waals surface area contributed by atoms with E-state index in [1.165, 1.54) is 13.8 Å². The number of hydrogen-bond donors (Lipinski definition) is 3. The Kier molecular flexibility index (Phi) is 6.61. The van der Waals surface area contributed by atoms with Crippen molar-refractivity contribution in [2.45, 2.75) is 64.5 Å². The number of carboxylic acid groups (broad SMARTS) is 1. The maximum Gasteiger partial charge on any atom is 0.471 e. The standard InChI is InChI=1S/C22H30F3N5O5/c1-10(2)21(19(34)35,29-9-13-14(20(13,3)4)15(29)16(27)31)30(18(33)22(23,24)25)12(8-26)7-11-5-6-28-17(11)32/h10-15H,5-7,9H2,1-4H3,(H2,27,31)(H,28,32)(H,34,35)/t11-,12-,13?,14?,15?,21?/m0/s1. The summed E-state index contributed by atoms with van der Waals surface area (Å²) in [6.07, 6.45) is -5.79. The maximum atomic E-state index is 13.9. The summed E-state index contributed by atoms with van der Waals surface area (Å²) >= 11 is 0. The molecule has 4 N–H and O–H groups in total. The van der Waals surface area contributed by atoms with Crippen molar-refractivity contribution in [3.63, 3.8) is 0 Å². The number of nitriles is 1. The first-order valence-electron chi connectivity index (χ1n) is 11.4. The molecule has 35 heavy (non-hydrogen) atoms. The van der Waals surface area contributed by atoms with Gasteiger partial charge in [0.05, 0.1) is 12.1 Å². The van der Waals surface area contributed by atoms with Crippen LogP contribution in [0.4, 0.5) is 13.2 Å². The predicted octanol–water partition coefficient (Wildman–Crippen LogP) is 0.674. The van der Waals surface area contributed by atoms with Crippen molar-refractivity contribution in [1.82, 2.24) is 15.1 Å². The Balaban J connectivity index is 2.21. The number of piperidine rings is 1. The van der Waals surface area contributed by atoms with Gasteiger partial charge < -0.3 is 16.2 Å². The van der Waals surface area contributed by atoms with E-state index in [0.717, 1.165) is 4.90 Å². The first-order chi connectivity index (χ1) is 16.0. The number of alkyl halides is 3. The Hall–Kier alpha value is -2.88. The number of nitrogens with two attached hydrogens (primary N) is 1. The van der Waals surface area contributed by atoms with Crippen molar-refractivity contribution in [1.29, 1.82) is 5.26 Å². The van der Waals surface area contributed by atoms with E-state index in [4.69, 9.17) is 5.73 Å². The van der Waals surface area contributed by atoms with Crippen LogP contribution < -0.4 is 11.1 Å². The van der Waals surface area contributed by atoms with Crippen LogP contribution in [-0.4, -0.2) is 75.6 Å². The predicted molar refractivity (Wildman–Crippen MR) is 114 cm³/mol. The average Bonchev–Trinajstić information content (AvgIpc) is 3.09. The number of carboxylic acids is 1. The summed E-state index contributed by atoms with van der Waals surface area (Å²) in [4.78, 5) is 51.6. The van der Waals surface area contributed by atoms with Gasteiger partial charge in [0.25, 0.3) is 0 Å². The summed E-state index contributed by atoms with van der Waals surface area (Å²) in [5, 5.41) is 22.9. The number of hydrogen-bond acceptors (Lipinski definition) is 6. The van der Waals surface area contributed by atoms with Gasteiger partial charge in [-0.2, -0.15) is 18.4 Å². The number of amides is 3. The minimum absolute atomic E-state index is 0.0410. The van der Waals surface area contributed by atoms with Crippen LogP contribution in [0.3, 0.4) is 0 Å². The van der Waals surface area contributed by atoms with Gasteiger partial charge in [-0.1, -0.05) is 27.7 Å². The molecule has 194 valence electrons. The molecule has 0 radical (unpaired) electrons. The number of nitrogens with one attached hydrogen (secondary N) is 1. The highest BCUT2D eigenvalue weighted by atomic mass is 19.4. The molecule has 0 aromatic rings. The molecule has 6 atom stereocenters. The zero-order valence-electron chi connectivity index (χ0n) is 19.9. The Bertz CT molecular complexity index is 978. The van der Waals surface area contributed by atoms with Crippen LogP contribution in [0.15, 0.2) is 0 Å². The number of nitrogens with zero attached hydrogens (tertiary/aromatic N) is 3. The molecule has 0 spiro atoms. The fourth-order valence-corrected chi connectivity index (χ4v) is 6.21. The average molecular weight is 502 g/mol. The second-order valence-corrected chi connectivity index (χ2v) is 10.5. The van der Waals surface area contributed by atoms with Crippen molar-refractivity contribution in [2.75, 3.05) is 13.1 Å². The van der Waals surface area contributed by atoms with Crippen molar-refractivity contribution in [3.05, 3.63) is 0 Å². The molecule has 3 fully saturated rings. The molecular weight excluding hydrogens is 471 g/mol. The molecule has 3 rings (SSSR count). The first kappa shape index (κ1) is 26.7. The molecule has 2 aliphatic heterocycles. The molecule has 0 bridgehead atoms. The lowest BCUT2D eigenvalue weighted by Gasteiger charge is -2.53. The van der Waals surface area contributed by atoms with Gasteiger partial charge in [0.1, 0.15) is 6.04 Å². The van der Waals surface area contributed by atoms with E-state index in [2.05, 4.69) is 5.32 Å². The van der Waals surface area contributed by atoms with E-state index >= 15 is 0 Å². The number of fused-ring (bicyclic) bond motifs is 1. The summed E-state index contributed by atoms with van der Waals surface area (Å²) < 4.78 is 41.7. The van der Waals surface area contributed by atoms with Gasteiger partial charge >= 0.3 is 18.1 Å². The van der Waals surface area contributed by atoms with Gasteiger partial charge in [0.2, 0.25) is 11.8 Å². The summed E-state index contributed by atoms with van der Waals surface area (Å²) in [6.45, 7) is 6.48. The van der Waals surface area contributed by atoms with Crippen LogP contribution in [0.2, 0.25) is 0 Å². The number of primary amides is 1. The third-order valence-corrected chi connectivity index (χ3v) is 8.02. The zero-order chi connectivity index (χ0) is 26.7. The highest BCUT2D eigenvalue weighted by molar-refractivity contribution is 5.92. The highest BCUT2D eigenvalue weighted by Gasteiger charge is 2.74.